The SMILES string of the molecule is NC(c1ccsc1)c1cnns1. The molecule has 0 amide bonds. The average Bonchev–Trinajstić information content (AvgIpc) is 2.77. The van der Waals surface area contributed by atoms with E-state index in [4.69, 9.17) is 5.73 Å². The van der Waals surface area contributed by atoms with Gasteiger partial charge in [0.05, 0.1) is 17.1 Å². The van der Waals surface area contributed by atoms with Gasteiger partial charge in [-0.2, -0.15) is 11.3 Å². The molecule has 0 saturated carbocycles. The quantitative estimate of drug-likeness (QED) is 0.796. The first-order chi connectivity index (χ1) is 5.88. The molecule has 3 nitrogen and oxygen atoms in total. The van der Waals surface area contributed by atoms with Crippen LogP contribution in [0.15, 0.2) is 23.0 Å². The highest BCUT2D eigenvalue weighted by Gasteiger charge is 2.10. The minimum absolute atomic E-state index is 0.0590. The van der Waals surface area contributed by atoms with Crippen molar-refractivity contribution in [1.82, 2.24) is 9.59 Å². The van der Waals surface area contributed by atoms with Crippen LogP contribution in [0.5, 0.6) is 0 Å². The molecule has 0 bridgehead atoms. The van der Waals surface area contributed by atoms with Crippen molar-refractivity contribution in [3.05, 3.63) is 33.5 Å². The summed E-state index contributed by atoms with van der Waals surface area (Å²) in [5.74, 6) is 0. The predicted octanol–water partition coefficient (Wildman–Crippen LogP) is 1.65. The smallest absolute Gasteiger partial charge is 0.0686 e. The molecule has 0 spiro atoms. The van der Waals surface area contributed by atoms with Gasteiger partial charge in [-0.15, -0.1) is 5.10 Å². The summed E-state index contributed by atoms with van der Waals surface area (Å²) in [6, 6.07) is 1.96. The van der Waals surface area contributed by atoms with E-state index in [-0.39, 0.29) is 6.04 Å². The van der Waals surface area contributed by atoms with E-state index in [1.165, 1.54) is 11.5 Å². The van der Waals surface area contributed by atoms with E-state index in [9.17, 15) is 0 Å². The Morgan fingerprint density at radius 1 is 1.50 bits per heavy atom. The number of rotatable bonds is 2. The zero-order chi connectivity index (χ0) is 8.39. The average molecular weight is 197 g/mol. The minimum atomic E-state index is -0.0590. The van der Waals surface area contributed by atoms with Gasteiger partial charge in [-0.1, -0.05) is 4.49 Å². The first-order valence-corrected chi connectivity index (χ1v) is 5.14. The van der Waals surface area contributed by atoms with Gasteiger partial charge in [0.15, 0.2) is 0 Å². The Morgan fingerprint density at radius 2 is 2.42 bits per heavy atom. The lowest BCUT2D eigenvalue weighted by atomic mass is 10.1. The van der Waals surface area contributed by atoms with Crippen molar-refractivity contribution in [2.24, 2.45) is 5.73 Å². The first-order valence-electron chi connectivity index (χ1n) is 3.43. The fourth-order valence-electron chi connectivity index (χ4n) is 0.928. The van der Waals surface area contributed by atoms with Crippen LogP contribution in [0, 0.1) is 0 Å². The molecule has 1 atom stereocenters. The molecular formula is C7H7N3S2. The van der Waals surface area contributed by atoms with Crippen LogP contribution in [-0.2, 0) is 0 Å². The lowest BCUT2D eigenvalue weighted by molar-refractivity contribution is 0.894. The first kappa shape index (κ1) is 7.85. The Morgan fingerprint density at radius 3 is 3.00 bits per heavy atom. The van der Waals surface area contributed by atoms with Crippen molar-refractivity contribution in [2.75, 3.05) is 0 Å². The highest BCUT2D eigenvalue weighted by atomic mass is 32.1. The molecule has 2 N–H and O–H groups in total. The number of nitrogens with two attached hydrogens (primary N) is 1. The van der Waals surface area contributed by atoms with Crippen molar-refractivity contribution < 1.29 is 0 Å². The number of nitrogens with zero attached hydrogens (tertiary/aromatic N) is 2. The van der Waals surface area contributed by atoms with Crippen molar-refractivity contribution in [2.45, 2.75) is 6.04 Å². The monoisotopic (exact) mass is 197 g/mol. The largest absolute Gasteiger partial charge is 0.319 e. The lowest BCUT2D eigenvalue weighted by Gasteiger charge is -2.03. The summed E-state index contributed by atoms with van der Waals surface area (Å²) >= 11 is 3.00. The molecule has 1 unspecified atom stereocenters. The zero-order valence-corrected chi connectivity index (χ0v) is 7.81. The molecule has 62 valence electrons. The lowest BCUT2D eigenvalue weighted by Crippen LogP contribution is -2.08. The Kier molecular flexibility index (Phi) is 2.16. The molecule has 2 aromatic heterocycles. The molecule has 0 fully saturated rings. The van der Waals surface area contributed by atoms with Crippen LogP contribution in [0.4, 0.5) is 0 Å². The summed E-state index contributed by atoms with van der Waals surface area (Å²) < 4.78 is 3.77. The molecular weight excluding hydrogens is 190 g/mol. The topological polar surface area (TPSA) is 51.8 Å². The summed E-state index contributed by atoms with van der Waals surface area (Å²) in [4.78, 5) is 1.01. The normalized spacial score (nSPS) is 13.1. The molecule has 0 aliphatic carbocycles. The van der Waals surface area contributed by atoms with Crippen LogP contribution in [-0.4, -0.2) is 9.59 Å². The van der Waals surface area contributed by atoms with Crippen molar-refractivity contribution in [3.8, 4) is 0 Å². The Labute approximate surface area is 78.0 Å². The second kappa shape index (κ2) is 3.30. The number of hydrogen-bond donors (Lipinski definition) is 1. The van der Waals surface area contributed by atoms with E-state index in [0.29, 0.717) is 0 Å². The molecule has 0 aliphatic rings. The number of aromatic nitrogens is 2. The molecule has 0 radical (unpaired) electrons. The molecule has 5 heteroatoms. The van der Waals surface area contributed by atoms with Crippen LogP contribution in [0.25, 0.3) is 0 Å². The second-order valence-electron chi connectivity index (χ2n) is 2.35. The molecule has 2 heterocycles. The summed E-state index contributed by atoms with van der Waals surface area (Å²) in [6.45, 7) is 0. The maximum atomic E-state index is 5.94. The van der Waals surface area contributed by atoms with Gasteiger partial charge in [-0.05, 0) is 33.9 Å². The predicted molar refractivity (Wildman–Crippen MR) is 50.3 cm³/mol. The van der Waals surface area contributed by atoms with Gasteiger partial charge in [0.2, 0.25) is 0 Å². The van der Waals surface area contributed by atoms with Crippen LogP contribution in [0.2, 0.25) is 0 Å². The van der Waals surface area contributed by atoms with Gasteiger partial charge >= 0.3 is 0 Å². The molecule has 0 aliphatic heterocycles. The maximum Gasteiger partial charge on any atom is 0.0686 e. The van der Waals surface area contributed by atoms with E-state index in [2.05, 4.69) is 9.59 Å². The summed E-state index contributed by atoms with van der Waals surface area (Å²) in [7, 11) is 0. The summed E-state index contributed by atoms with van der Waals surface area (Å²) in [6.07, 6.45) is 1.72. The van der Waals surface area contributed by atoms with Gasteiger partial charge in [0, 0.05) is 0 Å². The maximum absolute atomic E-state index is 5.94. The van der Waals surface area contributed by atoms with E-state index in [0.717, 1.165) is 10.4 Å². The van der Waals surface area contributed by atoms with Crippen LogP contribution in [0.1, 0.15) is 16.5 Å². The minimum Gasteiger partial charge on any atom is -0.319 e. The third-order valence-electron chi connectivity index (χ3n) is 1.59. The fraction of sp³-hybridized carbons (Fsp3) is 0.143. The summed E-state index contributed by atoms with van der Waals surface area (Å²) in [5, 5.41) is 7.81. The second-order valence-corrected chi connectivity index (χ2v) is 3.95. The zero-order valence-electron chi connectivity index (χ0n) is 6.18. The van der Waals surface area contributed by atoms with E-state index < -0.39 is 0 Å². The van der Waals surface area contributed by atoms with Gasteiger partial charge in [-0.3, -0.25) is 0 Å². The van der Waals surface area contributed by atoms with Gasteiger partial charge in [-0.25, -0.2) is 0 Å². The van der Waals surface area contributed by atoms with Gasteiger partial charge < -0.3 is 5.73 Å². The third-order valence-corrected chi connectivity index (χ3v) is 3.03. The van der Waals surface area contributed by atoms with Gasteiger partial charge in [0.1, 0.15) is 0 Å². The molecule has 0 aromatic carbocycles. The van der Waals surface area contributed by atoms with Crippen molar-refractivity contribution in [3.63, 3.8) is 0 Å². The molecule has 12 heavy (non-hydrogen) atoms. The third kappa shape index (κ3) is 1.38. The van der Waals surface area contributed by atoms with E-state index in [1.54, 1.807) is 17.5 Å². The molecule has 0 saturated heterocycles. The summed E-state index contributed by atoms with van der Waals surface area (Å²) in [5.41, 5.74) is 7.07. The van der Waals surface area contributed by atoms with E-state index in [1.807, 2.05) is 16.8 Å². The number of hydrogen-bond acceptors (Lipinski definition) is 5. The van der Waals surface area contributed by atoms with Crippen molar-refractivity contribution >= 4 is 22.9 Å². The van der Waals surface area contributed by atoms with Crippen molar-refractivity contribution in [1.29, 1.82) is 0 Å². The fourth-order valence-corrected chi connectivity index (χ4v) is 2.16. The molecule has 2 aromatic rings. The Balaban J connectivity index is 2.27. The van der Waals surface area contributed by atoms with Gasteiger partial charge in [0.25, 0.3) is 0 Å². The highest BCUT2D eigenvalue weighted by Crippen LogP contribution is 2.22. The van der Waals surface area contributed by atoms with E-state index >= 15 is 0 Å². The standard InChI is InChI=1S/C7H7N3S2/c8-7(5-1-2-11-4-5)6-3-9-10-12-6/h1-4,7H,8H2. The Hall–Kier alpha value is -0.780. The van der Waals surface area contributed by atoms with Crippen LogP contribution < -0.4 is 5.73 Å². The van der Waals surface area contributed by atoms with Crippen LogP contribution in [0.3, 0.4) is 0 Å². The van der Waals surface area contributed by atoms with Crippen LogP contribution >= 0.6 is 22.9 Å². The Bertz CT molecular complexity index is 293. The molecule has 2 rings (SSSR count). The highest BCUT2D eigenvalue weighted by molar-refractivity contribution is 7.08. The number of thiophene rings is 1.